The van der Waals surface area contributed by atoms with Gasteiger partial charge < -0.3 is 4.74 Å². The van der Waals surface area contributed by atoms with E-state index < -0.39 is 5.97 Å². The Morgan fingerprint density at radius 1 is 1.04 bits per heavy atom. The van der Waals surface area contributed by atoms with E-state index in [9.17, 15) is 9.59 Å². The number of imidazole rings is 1. The van der Waals surface area contributed by atoms with Gasteiger partial charge in [-0.2, -0.15) is 0 Å². The standard InChI is InChI=1S/C18H16N2O3/c1-11-8-16-17(9-12(11)2)20(10-19-16)18(22)14-4-6-15(7-5-14)23-13(3)21/h4-10H,1-3H3. The summed E-state index contributed by atoms with van der Waals surface area (Å²) in [4.78, 5) is 27.9. The fourth-order valence-corrected chi connectivity index (χ4v) is 2.40. The fraction of sp³-hybridized carbons (Fsp3) is 0.167. The smallest absolute Gasteiger partial charge is 0.308 e. The van der Waals surface area contributed by atoms with Crippen molar-refractivity contribution in [1.29, 1.82) is 0 Å². The molecule has 0 spiro atoms. The van der Waals surface area contributed by atoms with Crippen LogP contribution in [0.25, 0.3) is 11.0 Å². The van der Waals surface area contributed by atoms with Crippen LogP contribution >= 0.6 is 0 Å². The van der Waals surface area contributed by atoms with Crippen LogP contribution in [0.5, 0.6) is 5.75 Å². The van der Waals surface area contributed by atoms with Gasteiger partial charge in [-0.1, -0.05) is 0 Å². The molecule has 116 valence electrons. The van der Waals surface area contributed by atoms with Gasteiger partial charge in [0.2, 0.25) is 0 Å². The molecule has 5 nitrogen and oxygen atoms in total. The first-order valence-electron chi connectivity index (χ1n) is 7.23. The predicted octanol–water partition coefficient (Wildman–Crippen LogP) is 3.27. The van der Waals surface area contributed by atoms with E-state index >= 15 is 0 Å². The van der Waals surface area contributed by atoms with Crippen molar-refractivity contribution >= 4 is 22.9 Å². The van der Waals surface area contributed by atoms with Crippen molar-refractivity contribution in [3.8, 4) is 5.75 Å². The minimum Gasteiger partial charge on any atom is -0.427 e. The molecule has 0 amide bonds. The van der Waals surface area contributed by atoms with Gasteiger partial charge in [0.05, 0.1) is 11.0 Å². The SMILES string of the molecule is CC(=O)Oc1ccc(C(=O)n2cnc3cc(C)c(C)cc32)cc1. The molecule has 0 bridgehead atoms. The van der Waals surface area contributed by atoms with Crippen LogP contribution < -0.4 is 4.74 Å². The minimum absolute atomic E-state index is 0.176. The Bertz CT molecular complexity index is 908. The van der Waals surface area contributed by atoms with Gasteiger partial charge >= 0.3 is 5.97 Å². The molecule has 0 atom stereocenters. The van der Waals surface area contributed by atoms with Gasteiger partial charge in [-0.25, -0.2) is 4.98 Å². The summed E-state index contributed by atoms with van der Waals surface area (Å²) in [6.07, 6.45) is 1.53. The Kier molecular flexibility index (Phi) is 3.70. The van der Waals surface area contributed by atoms with E-state index in [0.29, 0.717) is 11.3 Å². The second-order valence-electron chi connectivity index (χ2n) is 5.46. The zero-order valence-corrected chi connectivity index (χ0v) is 13.2. The molecule has 5 heteroatoms. The molecule has 2 aromatic carbocycles. The number of esters is 1. The van der Waals surface area contributed by atoms with Gasteiger partial charge in [0.15, 0.2) is 0 Å². The van der Waals surface area contributed by atoms with Crippen LogP contribution in [-0.2, 0) is 4.79 Å². The normalized spacial score (nSPS) is 10.7. The number of carbonyl (C=O) groups is 2. The molecule has 0 radical (unpaired) electrons. The Hall–Kier alpha value is -2.95. The van der Waals surface area contributed by atoms with Gasteiger partial charge in [-0.15, -0.1) is 0 Å². The molecule has 0 saturated heterocycles. The molecule has 1 heterocycles. The van der Waals surface area contributed by atoms with Gasteiger partial charge in [-0.3, -0.25) is 14.2 Å². The Morgan fingerprint density at radius 3 is 2.35 bits per heavy atom. The number of nitrogens with zero attached hydrogens (tertiary/aromatic N) is 2. The monoisotopic (exact) mass is 308 g/mol. The van der Waals surface area contributed by atoms with Crippen LogP contribution in [-0.4, -0.2) is 21.4 Å². The lowest BCUT2D eigenvalue weighted by Crippen LogP contribution is -2.11. The lowest BCUT2D eigenvalue weighted by Gasteiger charge is -2.06. The van der Waals surface area contributed by atoms with Crippen molar-refractivity contribution in [3.05, 3.63) is 59.4 Å². The van der Waals surface area contributed by atoms with E-state index in [2.05, 4.69) is 4.98 Å². The second-order valence-corrected chi connectivity index (χ2v) is 5.46. The molecular weight excluding hydrogens is 292 g/mol. The van der Waals surface area contributed by atoms with Crippen LogP contribution in [0.1, 0.15) is 28.4 Å². The van der Waals surface area contributed by atoms with E-state index in [1.54, 1.807) is 24.3 Å². The zero-order valence-electron chi connectivity index (χ0n) is 13.2. The molecule has 1 aromatic heterocycles. The van der Waals surface area contributed by atoms with Crippen molar-refractivity contribution in [1.82, 2.24) is 9.55 Å². The number of benzene rings is 2. The maximum atomic E-state index is 12.7. The first-order valence-corrected chi connectivity index (χ1v) is 7.23. The summed E-state index contributed by atoms with van der Waals surface area (Å²) in [5.41, 5.74) is 4.32. The summed E-state index contributed by atoms with van der Waals surface area (Å²) in [5.74, 6) is -0.156. The molecule has 0 unspecified atom stereocenters. The van der Waals surface area contributed by atoms with Crippen LogP contribution in [0.2, 0.25) is 0 Å². The van der Waals surface area contributed by atoms with Crippen LogP contribution in [0.3, 0.4) is 0 Å². The molecule has 23 heavy (non-hydrogen) atoms. The van der Waals surface area contributed by atoms with Crippen molar-refractivity contribution < 1.29 is 14.3 Å². The van der Waals surface area contributed by atoms with Crippen LogP contribution in [0.4, 0.5) is 0 Å². The number of ether oxygens (including phenoxy) is 1. The average molecular weight is 308 g/mol. The molecular formula is C18H16N2O3. The highest BCUT2D eigenvalue weighted by molar-refractivity contribution is 6.01. The summed E-state index contributed by atoms with van der Waals surface area (Å²) in [5, 5.41) is 0. The topological polar surface area (TPSA) is 61.2 Å². The first kappa shape index (κ1) is 15.0. The fourth-order valence-electron chi connectivity index (χ4n) is 2.40. The molecule has 0 N–H and O–H groups in total. The molecule has 0 saturated carbocycles. The van der Waals surface area contributed by atoms with E-state index in [-0.39, 0.29) is 5.91 Å². The molecule has 0 aliphatic heterocycles. The Labute approximate surface area is 133 Å². The average Bonchev–Trinajstić information content (AvgIpc) is 2.90. The van der Waals surface area contributed by atoms with Crippen LogP contribution in [0.15, 0.2) is 42.7 Å². The van der Waals surface area contributed by atoms with Gasteiger partial charge in [-0.05, 0) is 61.4 Å². The van der Waals surface area contributed by atoms with E-state index in [1.807, 2.05) is 26.0 Å². The van der Waals surface area contributed by atoms with Crippen molar-refractivity contribution in [2.75, 3.05) is 0 Å². The Morgan fingerprint density at radius 2 is 1.70 bits per heavy atom. The number of aromatic nitrogens is 2. The van der Waals surface area contributed by atoms with Crippen molar-refractivity contribution in [3.63, 3.8) is 0 Å². The number of hydrogen-bond donors (Lipinski definition) is 0. The largest absolute Gasteiger partial charge is 0.427 e. The summed E-state index contributed by atoms with van der Waals surface area (Å²) < 4.78 is 6.50. The molecule has 3 aromatic rings. The molecule has 0 aliphatic rings. The van der Waals surface area contributed by atoms with Gasteiger partial charge in [0.1, 0.15) is 12.1 Å². The first-order chi connectivity index (χ1) is 11.0. The maximum absolute atomic E-state index is 12.7. The number of hydrogen-bond acceptors (Lipinski definition) is 4. The summed E-state index contributed by atoms with van der Waals surface area (Å²) in [6.45, 7) is 5.36. The molecule has 3 rings (SSSR count). The number of aryl methyl sites for hydroxylation is 2. The van der Waals surface area contributed by atoms with E-state index in [4.69, 9.17) is 4.74 Å². The van der Waals surface area contributed by atoms with Crippen LogP contribution in [0, 0.1) is 13.8 Å². The van der Waals surface area contributed by atoms with Gasteiger partial charge in [0.25, 0.3) is 5.91 Å². The Balaban J connectivity index is 1.97. The third-order valence-corrected chi connectivity index (χ3v) is 3.74. The molecule has 0 aliphatic carbocycles. The zero-order chi connectivity index (χ0) is 16.6. The lowest BCUT2D eigenvalue weighted by atomic mass is 10.1. The van der Waals surface area contributed by atoms with Crippen molar-refractivity contribution in [2.24, 2.45) is 0 Å². The highest BCUT2D eigenvalue weighted by Crippen LogP contribution is 2.20. The van der Waals surface area contributed by atoms with E-state index in [0.717, 1.165) is 22.2 Å². The summed E-state index contributed by atoms with van der Waals surface area (Å²) in [6, 6.07) is 10.4. The van der Waals surface area contributed by atoms with E-state index in [1.165, 1.54) is 17.8 Å². The number of fused-ring (bicyclic) bond motifs is 1. The number of carbonyl (C=O) groups excluding carboxylic acids is 2. The number of rotatable bonds is 2. The second kappa shape index (κ2) is 5.68. The predicted molar refractivity (Wildman–Crippen MR) is 86.7 cm³/mol. The maximum Gasteiger partial charge on any atom is 0.308 e. The summed E-state index contributed by atoms with van der Waals surface area (Å²) in [7, 11) is 0. The quantitative estimate of drug-likeness (QED) is 0.538. The third-order valence-electron chi connectivity index (χ3n) is 3.74. The molecule has 0 fully saturated rings. The van der Waals surface area contributed by atoms with Crippen molar-refractivity contribution in [2.45, 2.75) is 20.8 Å². The highest BCUT2D eigenvalue weighted by Gasteiger charge is 2.13. The highest BCUT2D eigenvalue weighted by atomic mass is 16.5. The summed E-state index contributed by atoms with van der Waals surface area (Å²) >= 11 is 0. The van der Waals surface area contributed by atoms with Gasteiger partial charge in [0, 0.05) is 12.5 Å². The third kappa shape index (κ3) is 2.85. The minimum atomic E-state index is -0.393. The lowest BCUT2D eigenvalue weighted by molar-refractivity contribution is -0.131.